The highest BCUT2D eigenvalue weighted by atomic mass is 16.7. The third-order valence-corrected chi connectivity index (χ3v) is 7.87. The molecule has 0 unspecified atom stereocenters. The third kappa shape index (κ3) is 7.14. The molecular formula is C30H43N3O7. The molecule has 0 radical (unpaired) electrons. The van der Waals surface area contributed by atoms with Gasteiger partial charge in [-0.3, -0.25) is 4.79 Å². The summed E-state index contributed by atoms with van der Waals surface area (Å²) in [5.74, 6) is -0.162. The molecule has 4 rings (SSSR count). The number of rotatable bonds is 9. The van der Waals surface area contributed by atoms with Gasteiger partial charge in [-0.25, -0.2) is 9.59 Å². The number of ether oxygens (including phenoxy) is 4. The van der Waals surface area contributed by atoms with E-state index in [0.29, 0.717) is 32.5 Å². The highest BCUT2D eigenvalue weighted by Gasteiger charge is 2.62. The zero-order valence-corrected chi connectivity index (χ0v) is 23.9. The van der Waals surface area contributed by atoms with Gasteiger partial charge in [0.05, 0.1) is 19.8 Å². The van der Waals surface area contributed by atoms with Gasteiger partial charge >= 0.3 is 12.0 Å². The maximum Gasteiger partial charge on any atom is 0.332 e. The standard InChI is InChI=1S/C30H43N3O7/c1-4-38-21-40-25-17-26-27(34)31-30(28(35)39-5-2)18-23(30)11-9-7-6-8-10-16-32(29(36)33(26)20-25)19-22-12-14-24(37-3)15-13-22/h9,11-15,23,25-26H,4-8,10,16-21H2,1-3H3,(H,31,34)/b11-9-/t23-,25-,26+,30-/m1/s1. The number of methoxy groups -OCH3 is 1. The minimum Gasteiger partial charge on any atom is -0.497 e. The maximum absolute atomic E-state index is 14.1. The van der Waals surface area contributed by atoms with Crippen LogP contribution in [-0.2, 0) is 30.3 Å². The molecule has 10 nitrogen and oxygen atoms in total. The lowest BCUT2D eigenvalue weighted by Gasteiger charge is -2.32. The summed E-state index contributed by atoms with van der Waals surface area (Å²) in [6.07, 6.45) is 8.24. The Labute approximate surface area is 236 Å². The Kier molecular flexibility index (Phi) is 10.4. The topological polar surface area (TPSA) is 107 Å². The van der Waals surface area contributed by atoms with Gasteiger partial charge < -0.3 is 34.1 Å². The van der Waals surface area contributed by atoms with Crippen molar-refractivity contribution in [3.8, 4) is 5.75 Å². The quantitative estimate of drug-likeness (QED) is 0.214. The van der Waals surface area contributed by atoms with Crippen molar-refractivity contribution in [2.75, 3.05) is 40.2 Å². The summed E-state index contributed by atoms with van der Waals surface area (Å²) in [5, 5.41) is 3.00. The Morgan fingerprint density at radius 2 is 1.90 bits per heavy atom. The van der Waals surface area contributed by atoms with E-state index in [1.807, 2.05) is 42.2 Å². The Morgan fingerprint density at radius 1 is 1.10 bits per heavy atom. The first kappa shape index (κ1) is 29.9. The summed E-state index contributed by atoms with van der Waals surface area (Å²) in [6, 6.07) is 6.66. The monoisotopic (exact) mass is 557 g/mol. The largest absolute Gasteiger partial charge is 0.497 e. The summed E-state index contributed by atoms with van der Waals surface area (Å²) in [7, 11) is 1.62. The van der Waals surface area contributed by atoms with Crippen LogP contribution in [0.2, 0.25) is 0 Å². The first-order valence-corrected chi connectivity index (χ1v) is 14.5. The molecule has 1 saturated heterocycles. The summed E-state index contributed by atoms with van der Waals surface area (Å²) < 4.78 is 21.9. The number of nitrogens with zero attached hydrogens (tertiary/aromatic N) is 2. The normalized spacial score (nSPS) is 28.0. The fourth-order valence-electron chi connectivity index (χ4n) is 5.50. The van der Waals surface area contributed by atoms with Gasteiger partial charge in [0, 0.05) is 38.6 Å². The fraction of sp³-hybridized carbons (Fsp3) is 0.633. The Morgan fingerprint density at radius 3 is 2.62 bits per heavy atom. The molecule has 40 heavy (non-hydrogen) atoms. The number of benzene rings is 1. The van der Waals surface area contributed by atoms with Gasteiger partial charge in [-0.05, 0) is 57.2 Å². The van der Waals surface area contributed by atoms with E-state index in [0.717, 1.165) is 37.0 Å². The minimum atomic E-state index is -1.09. The van der Waals surface area contributed by atoms with Gasteiger partial charge in [-0.2, -0.15) is 0 Å². The molecule has 1 aliphatic carbocycles. The number of urea groups is 1. The zero-order chi connectivity index (χ0) is 28.5. The lowest BCUT2D eigenvalue weighted by molar-refractivity contribution is -0.149. The molecule has 0 bridgehead atoms. The fourth-order valence-corrected chi connectivity index (χ4v) is 5.50. The van der Waals surface area contributed by atoms with E-state index in [9.17, 15) is 14.4 Å². The van der Waals surface area contributed by atoms with Crippen LogP contribution in [0.15, 0.2) is 36.4 Å². The molecule has 2 aliphatic heterocycles. The van der Waals surface area contributed by atoms with Crippen LogP contribution in [0.5, 0.6) is 5.75 Å². The second-order valence-electron chi connectivity index (χ2n) is 10.6. The summed E-state index contributed by atoms with van der Waals surface area (Å²) in [4.78, 5) is 44.3. The lowest BCUT2D eigenvalue weighted by Crippen LogP contribution is -2.55. The molecule has 0 aromatic heterocycles. The lowest BCUT2D eigenvalue weighted by atomic mass is 10.1. The smallest absolute Gasteiger partial charge is 0.332 e. The van der Waals surface area contributed by atoms with E-state index in [4.69, 9.17) is 18.9 Å². The van der Waals surface area contributed by atoms with Crippen molar-refractivity contribution in [2.45, 2.75) is 76.6 Å². The van der Waals surface area contributed by atoms with Crippen LogP contribution in [0.3, 0.4) is 0 Å². The highest BCUT2D eigenvalue weighted by Crippen LogP contribution is 2.46. The van der Waals surface area contributed by atoms with Gasteiger partial charge in [0.15, 0.2) is 0 Å². The van der Waals surface area contributed by atoms with Crippen LogP contribution >= 0.6 is 0 Å². The van der Waals surface area contributed by atoms with Crippen molar-refractivity contribution in [1.29, 1.82) is 0 Å². The number of hydrogen-bond donors (Lipinski definition) is 1. The molecule has 3 aliphatic rings. The summed E-state index contributed by atoms with van der Waals surface area (Å²) >= 11 is 0. The van der Waals surface area contributed by atoms with Crippen molar-refractivity contribution < 1.29 is 33.3 Å². The van der Waals surface area contributed by atoms with Crippen molar-refractivity contribution in [3.63, 3.8) is 0 Å². The van der Waals surface area contributed by atoms with Gasteiger partial charge in [0.25, 0.3) is 0 Å². The van der Waals surface area contributed by atoms with E-state index < -0.39 is 17.6 Å². The SMILES string of the molecule is CCOCO[C@@H]1C[C@H]2C(=O)N[C@]3(C(=O)OCC)C[C@H]3/C=C\CCCCCN(Cc3ccc(OC)cc3)C(=O)N2C1. The van der Waals surface area contributed by atoms with Gasteiger partial charge in [0.1, 0.15) is 24.1 Å². The van der Waals surface area contributed by atoms with Crippen molar-refractivity contribution in [3.05, 3.63) is 42.0 Å². The number of carbonyl (C=O) groups is 3. The average Bonchev–Trinajstić information content (AvgIpc) is 3.48. The number of nitrogens with one attached hydrogen (secondary N) is 1. The molecule has 220 valence electrons. The molecule has 2 fully saturated rings. The van der Waals surface area contributed by atoms with Crippen LogP contribution in [0.4, 0.5) is 4.79 Å². The van der Waals surface area contributed by atoms with Crippen LogP contribution in [0, 0.1) is 5.92 Å². The summed E-state index contributed by atoms with van der Waals surface area (Å²) in [5.41, 5.74) is -0.118. The van der Waals surface area contributed by atoms with E-state index in [1.165, 1.54) is 0 Å². The van der Waals surface area contributed by atoms with Crippen molar-refractivity contribution in [2.24, 2.45) is 5.92 Å². The molecule has 4 atom stereocenters. The molecule has 1 aromatic carbocycles. The number of fused-ring (bicyclic) bond motifs is 2. The molecule has 3 amide bonds. The van der Waals surface area contributed by atoms with Crippen LogP contribution in [-0.4, -0.2) is 85.6 Å². The second kappa shape index (κ2) is 14.0. The molecule has 2 heterocycles. The van der Waals surface area contributed by atoms with Crippen molar-refractivity contribution in [1.82, 2.24) is 15.1 Å². The molecule has 1 N–H and O–H groups in total. The maximum atomic E-state index is 14.1. The number of esters is 1. The molecule has 10 heteroatoms. The van der Waals surface area contributed by atoms with Gasteiger partial charge in [0.2, 0.25) is 5.91 Å². The van der Waals surface area contributed by atoms with E-state index in [2.05, 4.69) is 11.4 Å². The first-order chi connectivity index (χ1) is 19.4. The molecule has 1 aromatic rings. The third-order valence-electron chi connectivity index (χ3n) is 7.87. The van der Waals surface area contributed by atoms with Crippen LogP contribution in [0.25, 0.3) is 0 Å². The molecule has 1 saturated carbocycles. The minimum absolute atomic E-state index is 0.0900. The number of allylic oxidation sites excluding steroid dienone is 1. The van der Waals surface area contributed by atoms with Crippen molar-refractivity contribution >= 4 is 17.9 Å². The second-order valence-corrected chi connectivity index (χ2v) is 10.6. The number of amides is 3. The molecular weight excluding hydrogens is 514 g/mol. The van der Waals surface area contributed by atoms with Gasteiger partial charge in [-0.15, -0.1) is 0 Å². The predicted octanol–water partition coefficient (Wildman–Crippen LogP) is 3.64. The van der Waals surface area contributed by atoms with E-state index >= 15 is 0 Å². The van der Waals surface area contributed by atoms with Crippen LogP contribution in [0.1, 0.15) is 57.9 Å². The van der Waals surface area contributed by atoms with E-state index in [1.54, 1.807) is 18.9 Å². The molecule has 0 spiro atoms. The zero-order valence-electron chi connectivity index (χ0n) is 23.9. The number of carbonyl (C=O) groups excluding carboxylic acids is 3. The van der Waals surface area contributed by atoms with Crippen LogP contribution < -0.4 is 10.1 Å². The van der Waals surface area contributed by atoms with E-state index in [-0.39, 0.29) is 43.9 Å². The van der Waals surface area contributed by atoms with Gasteiger partial charge in [-0.1, -0.05) is 30.7 Å². The Bertz CT molecular complexity index is 1050. The first-order valence-electron chi connectivity index (χ1n) is 14.5. The summed E-state index contributed by atoms with van der Waals surface area (Å²) in [6.45, 7) is 5.70. The predicted molar refractivity (Wildman–Crippen MR) is 148 cm³/mol. The number of hydrogen-bond acceptors (Lipinski definition) is 7. The Balaban J connectivity index is 1.60. The highest BCUT2D eigenvalue weighted by molar-refractivity contribution is 5.95. The average molecular weight is 558 g/mol. The Hall–Kier alpha value is -3.11.